The zero-order valence-electron chi connectivity index (χ0n) is 20.0. The predicted octanol–water partition coefficient (Wildman–Crippen LogP) is 3.69. The summed E-state index contributed by atoms with van der Waals surface area (Å²) in [6, 6.07) is 14.5. The highest BCUT2D eigenvalue weighted by molar-refractivity contribution is 5.84. The molecule has 3 N–H and O–H groups in total. The maximum atomic E-state index is 12.4. The van der Waals surface area contributed by atoms with Crippen molar-refractivity contribution in [1.29, 1.82) is 0 Å². The van der Waals surface area contributed by atoms with Gasteiger partial charge in [-0.2, -0.15) is 0 Å². The van der Waals surface area contributed by atoms with Gasteiger partial charge in [0.25, 0.3) is 0 Å². The number of nitrogens with one attached hydrogen (secondary N) is 2. The number of carbonyl (C=O) groups excluding carboxylic acids is 2. The summed E-state index contributed by atoms with van der Waals surface area (Å²) < 4.78 is 10.8. The fourth-order valence-corrected chi connectivity index (χ4v) is 4.20. The third kappa shape index (κ3) is 6.14. The number of fused-ring (bicyclic) bond motifs is 3. The number of hydrogen-bond acceptors (Lipinski definition) is 5. The van der Waals surface area contributed by atoms with E-state index in [1.54, 1.807) is 20.8 Å². The largest absolute Gasteiger partial charge is 0.480 e. The molecule has 8 heteroatoms. The topological polar surface area (TPSA) is 114 Å². The van der Waals surface area contributed by atoms with E-state index in [9.17, 15) is 19.5 Å². The molecule has 2 atom stereocenters. The van der Waals surface area contributed by atoms with Gasteiger partial charge < -0.3 is 25.2 Å². The van der Waals surface area contributed by atoms with Crippen LogP contribution in [0.25, 0.3) is 11.1 Å². The molecule has 0 saturated heterocycles. The maximum absolute atomic E-state index is 12.4. The van der Waals surface area contributed by atoms with Crippen molar-refractivity contribution in [1.82, 2.24) is 10.6 Å². The summed E-state index contributed by atoms with van der Waals surface area (Å²) in [6.07, 6.45) is -0.599. The van der Waals surface area contributed by atoms with Crippen LogP contribution in [0.15, 0.2) is 48.5 Å². The van der Waals surface area contributed by atoms with Gasteiger partial charge in [-0.05, 0) is 43.0 Å². The van der Waals surface area contributed by atoms with E-state index < -0.39 is 35.7 Å². The highest BCUT2D eigenvalue weighted by Gasteiger charge is 2.30. The lowest BCUT2D eigenvalue weighted by Gasteiger charge is -2.27. The molecule has 0 radical (unpaired) electrons. The molecule has 0 aromatic heterocycles. The molecule has 2 aromatic rings. The minimum Gasteiger partial charge on any atom is -0.480 e. The SMILES string of the molecule is COC(C)(C)CC(NC(=O)C[C@@H](C)NC(=O)OCC1c2ccccc2-c2ccccc21)C(=O)O. The number of carboxylic acids is 1. The number of alkyl carbamates (subject to hydrolysis) is 1. The molecule has 0 bridgehead atoms. The van der Waals surface area contributed by atoms with Crippen LogP contribution in [-0.2, 0) is 19.1 Å². The summed E-state index contributed by atoms with van der Waals surface area (Å²) in [5.41, 5.74) is 3.80. The number of benzene rings is 2. The van der Waals surface area contributed by atoms with Crippen molar-refractivity contribution in [3.63, 3.8) is 0 Å². The normalized spacial score (nSPS) is 14.5. The lowest BCUT2D eigenvalue weighted by atomic mass is 9.98. The van der Waals surface area contributed by atoms with Crippen molar-refractivity contribution in [3.05, 3.63) is 59.7 Å². The quantitative estimate of drug-likeness (QED) is 0.490. The molecule has 0 fully saturated rings. The van der Waals surface area contributed by atoms with Crippen LogP contribution in [0.3, 0.4) is 0 Å². The monoisotopic (exact) mass is 468 g/mol. The number of rotatable bonds is 10. The number of methoxy groups -OCH3 is 1. The van der Waals surface area contributed by atoms with Crippen molar-refractivity contribution in [2.45, 2.75) is 57.2 Å². The molecular weight excluding hydrogens is 436 g/mol. The lowest BCUT2D eigenvalue weighted by molar-refractivity contribution is -0.144. The number of hydrogen-bond donors (Lipinski definition) is 3. The highest BCUT2D eigenvalue weighted by atomic mass is 16.5. The average Bonchev–Trinajstić information content (AvgIpc) is 3.10. The minimum absolute atomic E-state index is 0.0581. The van der Waals surface area contributed by atoms with Crippen LogP contribution in [0.4, 0.5) is 4.79 Å². The predicted molar refractivity (Wildman–Crippen MR) is 128 cm³/mol. The Hall–Kier alpha value is -3.39. The molecule has 182 valence electrons. The van der Waals surface area contributed by atoms with Crippen LogP contribution >= 0.6 is 0 Å². The summed E-state index contributed by atoms with van der Waals surface area (Å²) in [6.45, 7) is 5.33. The van der Waals surface area contributed by atoms with Crippen molar-refractivity contribution in [3.8, 4) is 11.1 Å². The van der Waals surface area contributed by atoms with Gasteiger partial charge in [-0.1, -0.05) is 48.5 Å². The molecule has 2 aromatic carbocycles. The van der Waals surface area contributed by atoms with E-state index in [1.807, 2.05) is 36.4 Å². The van der Waals surface area contributed by atoms with Crippen LogP contribution in [0, 0.1) is 0 Å². The van der Waals surface area contributed by atoms with E-state index in [0.29, 0.717) is 0 Å². The smallest absolute Gasteiger partial charge is 0.407 e. The molecular formula is C26H32N2O6. The second kappa shape index (κ2) is 10.7. The molecule has 1 aliphatic carbocycles. The Labute approximate surface area is 199 Å². The molecule has 2 amide bonds. The zero-order valence-corrected chi connectivity index (χ0v) is 20.0. The fraction of sp³-hybridized carbons (Fsp3) is 0.423. The lowest BCUT2D eigenvalue weighted by Crippen LogP contribution is -2.47. The molecule has 1 aliphatic rings. The minimum atomic E-state index is -1.14. The van der Waals surface area contributed by atoms with Gasteiger partial charge in [0.05, 0.1) is 5.60 Å². The number of amides is 2. The number of aliphatic carboxylic acids is 1. The van der Waals surface area contributed by atoms with Gasteiger partial charge in [-0.15, -0.1) is 0 Å². The van der Waals surface area contributed by atoms with Gasteiger partial charge in [-0.3, -0.25) is 4.79 Å². The Morgan fingerprint density at radius 1 is 1.00 bits per heavy atom. The molecule has 0 spiro atoms. The summed E-state index contributed by atoms with van der Waals surface area (Å²) >= 11 is 0. The molecule has 0 heterocycles. The zero-order chi connectivity index (χ0) is 24.9. The van der Waals surface area contributed by atoms with Crippen LogP contribution in [0.2, 0.25) is 0 Å². The molecule has 3 rings (SSSR count). The number of carbonyl (C=O) groups is 3. The first-order valence-electron chi connectivity index (χ1n) is 11.3. The molecule has 0 aliphatic heterocycles. The van der Waals surface area contributed by atoms with E-state index in [0.717, 1.165) is 22.3 Å². The summed E-state index contributed by atoms with van der Waals surface area (Å²) in [4.78, 5) is 36.3. The van der Waals surface area contributed by atoms with Gasteiger partial charge in [0.2, 0.25) is 5.91 Å². The van der Waals surface area contributed by atoms with Gasteiger partial charge in [0, 0.05) is 31.9 Å². The second-order valence-electron chi connectivity index (χ2n) is 9.20. The third-order valence-electron chi connectivity index (χ3n) is 6.08. The van der Waals surface area contributed by atoms with Crippen LogP contribution in [0.1, 0.15) is 50.7 Å². The third-order valence-corrected chi connectivity index (χ3v) is 6.08. The second-order valence-corrected chi connectivity index (χ2v) is 9.20. The summed E-state index contributed by atoms with van der Waals surface area (Å²) in [7, 11) is 1.49. The van der Waals surface area contributed by atoms with Crippen molar-refractivity contribution < 1.29 is 29.0 Å². The van der Waals surface area contributed by atoms with Gasteiger partial charge in [-0.25, -0.2) is 9.59 Å². The Balaban J connectivity index is 1.52. The first kappa shape index (κ1) is 25.2. The number of carboxylic acid groups (broad SMARTS) is 1. The molecule has 8 nitrogen and oxygen atoms in total. The first-order valence-corrected chi connectivity index (χ1v) is 11.3. The Morgan fingerprint density at radius 2 is 1.56 bits per heavy atom. The molecule has 34 heavy (non-hydrogen) atoms. The maximum Gasteiger partial charge on any atom is 0.407 e. The van der Waals surface area contributed by atoms with Crippen LogP contribution in [0.5, 0.6) is 0 Å². The van der Waals surface area contributed by atoms with Gasteiger partial charge in [0.15, 0.2) is 0 Å². The highest BCUT2D eigenvalue weighted by Crippen LogP contribution is 2.44. The molecule has 0 saturated carbocycles. The van der Waals surface area contributed by atoms with E-state index in [4.69, 9.17) is 9.47 Å². The van der Waals surface area contributed by atoms with Crippen LogP contribution in [-0.4, -0.2) is 54.5 Å². The van der Waals surface area contributed by atoms with E-state index in [-0.39, 0.29) is 25.4 Å². The van der Waals surface area contributed by atoms with Gasteiger partial charge in [0.1, 0.15) is 12.6 Å². The van der Waals surface area contributed by atoms with E-state index in [1.165, 1.54) is 7.11 Å². The summed E-state index contributed by atoms with van der Waals surface area (Å²) in [5.74, 6) is -1.68. The van der Waals surface area contributed by atoms with Gasteiger partial charge >= 0.3 is 12.1 Å². The van der Waals surface area contributed by atoms with Crippen molar-refractivity contribution in [2.75, 3.05) is 13.7 Å². The van der Waals surface area contributed by atoms with E-state index in [2.05, 4.69) is 22.8 Å². The van der Waals surface area contributed by atoms with Crippen molar-refractivity contribution in [2.24, 2.45) is 0 Å². The summed E-state index contributed by atoms with van der Waals surface area (Å²) in [5, 5.41) is 14.6. The van der Waals surface area contributed by atoms with Crippen molar-refractivity contribution >= 4 is 18.0 Å². The fourth-order valence-electron chi connectivity index (χ4n) is 4.20. The van der Waals surface area contributed by atoms with Crippen LogP contribution < -0.4 is 10.6 Å². The number of ether oxygens (including phenoxy) is 2. The Morgan fingerprint density at radius 3 is 2.09 bits per heavy atom. The molecule has 1 unspecified atom stereocenters. The first-order chi connectivity index (χ1) is 16.1. The Bertz CT molecular complexity index is 1010. The standard InChI is InChI=1S/C26H32N2O6/c1-16(13-23(29)28-22(24(30)31)14-26(2,3)33-4)27-25(32)34-15-21-19-11-7-5-9-17(19)18-10-6-8-12-20(18)21/h5-12,16,21-22H,13-15H2,1-4H3,(H,27,32)(H,28,29)(H,30,31)/t16-,22?/m1/s1. The average molecular weight is 469 g/mol. The Kier molecular flexibility index (Phi) is 7.94. The van der Waals surface area contributed by atoms with E-state index >= 15 is 0 Å².